The van der Waals surface area contributed by atoms with E-state index >= 15 is 0 Å². The quantitative estimate of drug-likeness (QED) is 0.882. The average Bonchev–Trinajstić information content (AvgIpc) is 2.33. The van der Waals surface area contributed by atoms with E-state index in [0.717, 1.165) is 6.07 Å². The molecule has 0 atom stereocenters. The fourth-order valence-electron chi connectivity index (χ4n) is 1.64. The molecule has 0 bridgehead atoms. The fraction of sp³-hybridized carbons (Fsp3) is 0. The summed E-state index contributed by atoms with van der Waals surface area (Å²) in [6, 6.07) is 8.38. The first-order chi connectivity index (χ1) is 8.50. The molecule has 0 spiro atoms. The maximum Gasteiger partial charge on any atom is 0.336 e. The van der Waals surface area contributed by atoms with Gasteiger partial charge < -0.3 is 5.11 Å². The molecule has 5 heteroatoms. The van der Waals surface area contributed by atoms with E-state index in [-0.39, 0.29) is 10.6 Å². The molecule has 0 saturated carbocycles. The Morgan fingerprint density at radius 2 is 1.83 bits per heavy atom. The molecular formula is C13H7Cl2FO2. The Balaban J connectivity index is 2.71. The molecule has 0 aliphatic heterocycles. The summed E-state index contributed by atoms with van der Waals surface area (Å²) in [5, 5.41) is 9.63. The van der Waals surface area contributed by atoms with E-state index in [2.05, 4.69) is 0 Å². The van der Waals surface area contributed by atoms with Gasteiger partial charge in [-0.15, -0.1) is 0 Å². The first kappa shape index (κ1) is 12.9. The standard InChI is InChI=1S/C13H7Cl2FO2/c14-11-3-1-2-9(12(11)15)8-5-4-7(16)6-10(8)13(17)18/h1-6H,(H,17,18). The third-order valence-corrected chi connectivity index (χ3v) is 3.27. The number of carbonyl (C=O) groups is 1. The van der Waals surface area contributed by atoms with Crippen molar-refractivity contribution in [3.63, 3.8) is 0 Å². The Bertz CT molecular complexity index is 626. The Kier molecular flexibility index (Phi) is 3.55. The van der Waals surface area contributed by atoms with Gasteiger partial charge in [-0.25, -0.2) is 9.18 Å². The Labute approximate surface area is 113 Å². The van der Waals surface area contributed by atoms with Gasteiger partial charge in [-0.1, -0.05) is 41.4 Å². The van der Waals surface area contributed by atoms with E-state index in [1.807, 2.05) is 0 Å². The van der Waals surface area contributed by atoms with Gasteiger partial charge in [0.1, 0.15) is 5.82 Å². The molecule has 0 aliphatic carbocycles. The van der Waals surface area contributed by atoms with Crippen LogP contribution in [0.5, 0.6) is 0 Å². The highest BCUT2D eigenvalue weighted by atomic mass is 35.5. The topological polar surface area (TPSA) is 37.3 Å². The third-order valence-electron chi connectivity index (χ3n) is 2.45. The number of halogens is 3. The van der Waals surface area contributed by atoms with E-state index in [1.54, 1.807) is 18.2 Å². The van der Waals surface area contributed by atoms with Gasteiger partial charge in [0.2, 0.25) is 0 Å². The third kappa shape index (κ3) is 2.33. The maximum atomic E-state index is 13.1. The van der Waals surface area contributed by atoms with Crippen LogP contribution in [0.3, 0.4) is 0 Å². The number of hydrogen-bond donors (Lipinski definition) is 1. The number of hydrogen-bond acceptors (Lipinski definition) is 1. The lowest BCUT2D eigenvalue weighted by molar-refractivity contribution is 0.0697. The van der Waals surface area contributed by atoms with Crippen LogP contribution >= 0.6 is 23.2 Å². The van der Waals surface area contributed by atoms with Crippen molar-refractivity contribution in [3.8, 4) is 11.1 Å². The molecule has 2 nitrogen and oxygen atoms in total. The van der Waals surface area contributed by atoms with Crippen molar-refractivity contribution in [1.29, 1.82) is 0 Å². The summed E-state index contributed by atoms with van der Waals surface area (Å²) in [7, 11) is 0. The van der Waals surface area contributed by atoms with Crippen molar-refractivity contribution in [2.24, 2.45) is 0 Å². The van der Waals surface area contributed by atoms with E-state index in [0.29, 0.717) is 16.1 Å². The fourth-order valence-corrected chi connectivity index (χ4v) is 2.04. The van der Waals surface area contributed by atoms with Crippen LogP contribution in [0.2, 0.25) is 10.0 Å². The zero-order chi connectivity index (χ0) is 13.3. The van der Waals surface area contributed by atoms with Crippen molar-refractivity contribution in [2.75, 3.05) is 0 Å². The number of aromatic carboxylic acids is 1. The lowest BCUT2D eigenvalue weighted by Crippen LogP contribution is -2.00. The average molecular weight is 285 g/mol. The second-order valence-corrected chi connectivity index (χ2v) is 4.38. The lowest BCUT2D eigenvalue weighted by atomic mass is 9.99. The molecule has 0 unspecified atom stereocenters. The van der Waals surface area contributed by atoms with Gasteiger partial charge in [0.25, 0.3) is 0 Å². The first-order valence-corrected chi connectivity index (χ1v) is 5.73. The zero-order valence-corrected chi connectivity index (χ0v) is 10.5. The second-order valence-electron chi connectivity index (χ2n) is 3.60. The number of rotatable bonds is 2. The Hall–Kier alpha value is -1.58. The molecule has 0 heterocycles. The molecule has 0 aliphatic rings. The molecule has 0 aromatic heterocycles. The largest absolute Gasteiger partial charge is 0.478 e. The van der Waals surface area contributed by atoms with Crippen LogP contribution in [0.15, 0.2) is 36.4 Å². The number of carboxylic acids is 1. The van der Waals surface area contributed by atoms with Crippen LogP contribution in [0.4, 0.5) is 4.39 Å². The summed E-state index contributed by atoms with van der Waals surface area (Å²) < 4.78 is 13.1. The molecule has 2 rings (SSSR count). The lowest BCUT2D eigenvalue weighted by Gasteiger charge is -2.09. The molecule has 0 saturated heterocycles. The molecule has 2 aromatic carbocycles. The molecule has 2 aromatic rings. The van der Waals surface area contributed by atoms with Crippen molar-refractivity contribution in [1.82, 2.24) is 0 Å². The highest BCUT2D eigenvalue weighted by Gasteiger charge is 2.16. The van der Waals surface area contributed by atoms with Crippen LogP contribution in [0.25, 0.3) is 11.1 Å². The minimum absolute atomic E-state index is 0.154. The minimum Gasteiger partial charge on any atom is -0.478 e. The van der Waals surface area contributed by atoms with E-state index in [9.17, 15) is 9.18 Å². The summed E-state index contributed by atoms with van der Waals surface area (Å²) in [4.78, 5) is 11.1. The molecule has 0 amide bonds. The number of benzene rings is 2. The van der Waals surface area contributed by atoms with Crippen molar-refractivity contribution in [3.05, 3.63) is 57.8 Å². The Morgan fingerprint density at radius 3 is 2.50 bits per heavy atom. The molecule has 1 N–H and O–H groups in total. The first-order valence-electron chi connectivity index (χ1n) is 4.98. The van der Waals surface area contributed by atoms with Gasteiger partial charge >= 0.3 is 5.97 Å². The van der Waals surface area contributed by atoms with Crippen LogP contribution in [-0.2, 0) is 0 Å². The van der Waals surface area contributed by atoms with Crippen LogP contribution in [0, 0.1) is 5.82 Å². The van der Waals surface area contributed by atoms with Crippen molar-refractivity contribution >= 4 is 29.2 Å². The molecule has 0 radical (unpaired) electrons. The monoisotopic (exact) mass is 284 g/mol. The predicted octanol–water partition coefficient (Wildman–Crippen LogP) is 4.50. The molecule has 92 valence electrons. The van der Waals surface area contributed by atoms with Gasteiger partial charge in [0.05, 0.1) is 15.6 Å². The van der Waals surface area contributed by atoms with E-state index in [1.165, 1.54) is 12.1 Å². The zero-order valence-electron chi connectivity index (χ0n) is 8.95. The van der Waals surface area contributed by atoms with Crippen LogP contribution < -0.4 is 0 Å². The van der Waals surface area contributed by atoms with Gasteiger partial charge in [-0.05, 0) is 23.8 Å². The summed E-state index contributed by atoms with van der Waals surface area (Å²) >= 11 is 11.9. The van der Waals surface area contributed by atoms with Gasteiger partial charge in [0.15, 0.2) is 0 Å². The number of carboxylic acid groups (broad SMARTS) is 1. The summed E-state index contributed by atoms with van der Waals surface area (Å²) in [5.74, 6) is -1.84. The van der Waals surface area contributed by atoms with E-state index in [4.69, 9.17) is 28.3 Å². The second kappa shape index (κ2) is 4.96. The summed E-state index contributed by atoms with van der Waals surface area (Å²) in [6.45, 7) is 0. The normalized spacial score (nSPS) is 10.4. The SMILES string of the molecule is O=C(O)c1cc(F)ccc1-c1cccc(Cl)c1Cl. The van der Waals surface area contributed by atoms with Crippen molar-refractivity contribution in [2.45, 2.75) is 0 Å². The van der Waals surface area contributed by atoms with Gasteiger partial charge in [-0.2, -0.15) is 0 Å². The van der Waals surface area contributed by atoms with Crippen LogP contribution in [-0.4, -0.2) is 11.1 Å². The van der Waals surface area contributed by atoms with Gasteiger partial charge in [-0.3, -0.25) is 0 Å². The predicted molar refractivity (Wildman–Crippen MR) is 68.8 cm³/mol. The molecule has 18 heavy (non-hydrogen) atoms. The van der Waals surface area contributed by atoms with E-state index < -0.39 is 11.8 Å². The van der Waals surface area contributed by atoms with Crippen LogP contribution in [0.1, 0.15) is 10.4 Å². The Morgan fingerprint density at radius 1 is 1.11 bits per heavy atom. The highest BCUT2D eigenvalue weighted by molar-refractivity contribution is 6.43. The maximum absolute atomic E-state index is 13.1. The summed E-state index contributed by atoms with van der Waals surface area (Å²) in [6.07, 6.45) is 0. The molecular weight excluding hydrogens is 278 g/mol. The minimum atomic E-state index is -1.22. The smallest absolute Gasteiger partial charge is 0.336 e. The van der Waals surface area contributed by atoms with Crippen molar-refractivity contribution < 1.29 is 14.3 Å². The highest BCUT2D eigenvalue weighted by Crippen LogP contribution is 2.35. The van der Waals surface area contributed by atoms with Gasteiger partial charge in [0, 0.05) is 5.56 Å². The molecule has 0 fully saturated rings. The summed E-state index contributed by atoms with van der Waals surface area (Å²) in [5.41, 5.74) is 0.636.